The summed E-state index contributed by atoms with van der Waals surface area (Å²) in [6.07, 6.45) is 0. The van der Waals surface area contributed by atoms with Crippen molar-refractivity contribution in [3.8, 4) is 51.7 Å². The highest BCUT2D eigenvalue weighted by Crippen LogP contribution is 2.41. The van der Waals surface area contributed by atoms with Crippen LogP contribution in [-0.4, -0.2) is 67.3 Å². The second-order valence-corrected chi connectivity index (χ2v) is 40.1. The average Bonchev–Trinajstić information content (AvgIpc) is 0.457. The summed E-state index contributed by atoms with van der Waals surface area (Å²) in [6, 6.07) is 51.3. The number of hydrogen-bond donors (Lipinski definition) is 3. The first-order valence-corrected chi connectivity index (χ1v) is 41.0. The van der Waals surface area contributed by atoms with Gasteiger partial charge in [0.25, 0.3) is 11.4 Å². The highest BCUT2D eigenvalue weighted by molar-refractivity contribution is 9.10. The number of halogens is 4. The zero-order valence-corrected chi connectivity index (χ0v) is 80.4. The highest BCUT2D eigenvalue weighted by Gasteiger charge is 2.28. The molecule has 9 aromatic rings. The van der Waals surface area contributed by atoms with Crippen LogP contribution in [0.2, 0.25) is 0 Å². The third-order valence-corrected chi connectivity index (χ3v) is 19.0. The first kappa shape index (κ1) is 108. The molecule has 9 aromatic carbocycles. The van der Waals surface area contributed by atoms with Crippen LogP contribution in [0, 0.1) is 37.7 Å². The van der Waals surface area contributed by atoms with Gasteiger partial charge in [0.15, 0.2) is 11.5 Å². The number of phenols is 3. The van der Waals surface area contributed by atoms with Crippen LogP contribution in [0.1, 0.15) is 270 Å². The second kappa shape index (κ2) is 45.8. The van der Waals surface area contributed by atoms with Crippen molar-refractivity contribution in [1.29, 1.82) is 0 Å². The molecule has 3 N–H and O–H groups in total. The summed E-state index contributed by atoms with van der Waals surface area (Å²) in [6.45, 7) is 64.3. The number of ether oxygens (including phenoxy) is 6. The third-order valence-electron chi connectivity index (χ3n) is 18.5. The van der Waals surface area contributed by atoms with Gasteiger partial charge in [0, 0.05) is 56.6 Å². The molecule has 0 aliphatic carbocycles. The Kier molecular flexibility index (Phi) is 41.3. The molecular formula is C101H142BrF3N2O13. The summed E-state index contributed by atoms with van der Waals surface area (Å²) < 4.78 is 71.7. The maximum absolute atomic E-state index is 13.3. The SMILES string of the molecule is CC(C)(C)c1c(F)cccc1F.CC(C)(C)c1ccc(O)c(C(C)(C)C)c1.CC(C)(C)c1cccc([N+](=O)[O-])c1.CCOc1cccc(C(C)(C)C)c1O.COc1ccc(Br)cc1C(C)(C)C.COc1ccc(F)c(C(C)(C)C)c1.COc1ccc(O)c(C(C)(C)C)c1.COc1ccc([N+](=O)[O-])cc1C(C)(C)C.COc1cccc(C(C)(C)C)c1. The summed E-state index contributed by atoms with van der Waals surface area (Å²) in [4.78, 5) is 20.4. The van der Waals surface area contributed by atoms with Gasteiger partial charge in [-0.15, -0.1) is 0 Å². The van der Waals surface area contributed by atoms with Gasteiger partial charge in [-0.25, -0.2) is 13.2 Å². The standard InChI is InChI=1S/C14H22O.C12H18O2.C11H15BrO.C11H15FO.C11H15NO3.C11H16O2.C11H16O.C10H12F2.C10H13NO2/c1-13(2,3)10-7-8-12(15)11(9-10)14(4,5)6;1-5-14-10-8-6-7-9(11(10)13)12(2,3)4;1-11(2,3)9-7-8(12)5-6-10(9)13-4;1-11(2,3)9-7-8(13-4)5-6-10(9)12;1-11(2,3)9-7-8(12(13)14)5-6-10(9)15-4;1-11(2,3)9-7-8(13-4)5-6-10(9)12;1-11(2,3)9-6-5-7-10(8-9)12-4;1-10(2,3)9-7(11)5-4-6-8(9)12;1-10(2,3)8-5-4-6-9(7-8)11(12)13/h7-9,15H,1-6H3;6-8,13H,5H2,1-4H3;2*5-7H,1-4H3;5-7H,1-4H3;5-7,12H,1-4H3;5-8H,1-4H3;4-6H,1-3H3;4-7H,1-3H3. The van der Waals surface area contributed by atoms with Crippen molar-refractivity contribution in [3.63, 3.8) is 0 Å². The van der Waals surface area contributed by atoms with Crippen molar-refractivity contribution in [2.24, 2.45) is 0 Å². The van der Waals surface area contributed by atoms with Gasteiger partial charge < -0.3 is 43.7 Å². The Balaban J connectivity index is 0.000000676. The van der Waals surface area contributed by atoms with Gasteiger partial charge in [-0.05, 0) is 186 Å². The van der Waals surface area contributed by atoms with Gasteiger partial charge in [-0.1, -0.05) is 278 Å². The fourth-order valence-corrected chi connectivity index (χ4v) is 11.9. The molecule has 0 amide bonds. The molecule has 0 saturated carbocycles. The molecule has 9 rings (SSSR count). The Bertz CT molecular complexity index is 4610. The molecule has 0 aromatic heterocycles. The van der Waals surface area contributed by atoms with Crippen molar-refractivity contribution >= 4 is 27.3 Å². The molecule has 0 unspecified atom stereocenters. The van der Waals surface area contributed by atoms with E-state index in [1.807, 2.05) is 124 Å². The molecule has 662 valence electrons. The Morgan fingerprint density at radius 1 is 0.317 bits per heavy atom. The van der Waals surface area contributed by atoms with Gasteiger partial charge >= 0.3 is 0 Å². The molecule has 0 aliphatic heterocycles. The fourth-order valence-electron chi connectivity index (χ4n) is 11.5. The van der Waals surface area contributed by atoms with Gasteiger partial charge in [0.05, 0.1) is 52.0 Å². The van der Waals surface area contributed by atoms with E-state index in [0.29, 0.717) is 40.9 Å². The highest BCUT2D eigenvalue weighted by atomic mass is 79.9. The minimum atomic E-state index is -0.477. The second-order valence-electron chi connectivity index (χ2n) is 39.2. The van der Waals surface area contributed by atoms with Gasteiger partial charge in [-0.3, -0.25) is 20.2 Å². The molecule has 0 spiro atoms. The van der Waals surface area contributed by atoms with Crippen LogP contribution < -0.4 is 28.4 Å². The summed E-state index contributed by atoms with van der Waals surface area (Å²) in [5.41, 5.74) is 9.06. The van der Waals surface area contributed by atoms with Crippen LogP contribution in [0.4, 0.5) is 24.5 Å². The van der Waals surface area contributed by atoms with E-state index in [1.54, 1.807) is 117 Å². The smallest absolute Gasteiger partial charge is 0.269 e. The van der Waals surface area contributed by atoms with Crippen LogP contribution >= 0.6 is 15.9 Å². The van der Waals surface area contributed by atoms with E-state index < -0.39 is 22.0 Å². The third kappa shape index (κ3) is 36.7. The summed E-state index contributed by atoms with van der Waals surface area (Å²) >= 11 is 3.46. The zero-order valence-electron chi connectivity index (χ0n) is 78.8. The van der Waals surface area contributed by atoms with E-state index in [4.69, 9.17) is 28.4 Å². The number of nitrogens with zero attached hydrogens (tertiary/aromatic N) is 2. The number of nitro benzene ring substituents is 2. The van der Waals surface area contributed by atoms with E-state index in [2.05, 4.69) is 165 Å². The Hall–Kier alpha value is -9.75. The Labute approximate surface area is 726 Å². The molecule has 120 heavy (non-hydrogen) atoms. The summed E-state index contributed by atoms with van der Waals surface area (Å²) in [7, 11) is 8.18. The van der Waals surface area contributed by atoms with Crippen LogP contribution in [0.5, 0.6) is 51.7 Å². The molecule has 0 aliphatic rings. The molecule has 0 atom stereocenters. The molecule has 0 heterocycles. The molecule has 0 bridgehead atoms. The van der Waals surface area contributed by atoms with Crippen LogP contribution in [0.25, 0.3) is 0 Å². The van der Waals surface area contributed by atoms with Crippen LogP contribution in [0.3, 0.4) is 0 Å². The zero-order chi connectivity index (χ0) is 93.0. The molecule has 15 nitrogen and oxygen atoms in total. The van der Waals surface area contributed by atoms with E-state index >= 15 is 0 Å². The van der Waals surface area contributed by atoms with Crippen molar-refractivity contribution in [2.75, 3.05) is 42.2 Å². The predicted octanol–water partition coefficient (Wildman–Crippen LogP) is 28.7. The molecule has 0 saturated heterocycles. The van der Waals surface area contributed by atoms with Gasteiger partial charge in [0.2, 0.25) is 0 Å². The number of nitro groups is 2. The predicted molar refractivity (Wildman–Crippen MR) is 495 cm³/mol. The van der Waals surface area contributed by atoms with Gasteiger partial charge in [0.1, 0.15) is 57.7 Å². The minimum absolute atomic E-state index is 0.00859. The van der Waals surface area contributed by atoms with E-state index in [9.17, 15) is 48.7 Å². The maximum atomic E-state index is 13.3. The maximum Gasteiger partial charge on any atom is 0.269 e. The Morgan fingerprint density at radius 2 is 0.675 bits per heavy atom. The number of hydrogen-bond acceptors (Lipinski definition) is 13. The number of phenolic OH excluding ortho intramolecular Hbond substituents is 3. The van der Waals surface area contributed by atoms with E-state index in [-0.39, 0.29) is 82.2 Å². The normalized spacial score (nSPS) is 11.6. The first-order chi connectivity index (χ1) is 54.7. The van der Waals surface area contributed by atoms with E-state index in [1.165, 1.54) is 53.1 Å². The van der Waals surface area contributed by atoms with Crippen LogP contribution in [0.15, 0.2) is 180 Å². The van der Waals surface area contributed by atoms with Crippen molar-refractivity contribution in [3.05, 3.63) is 274 Å². The molecular weight excluding hydrogens is 1590 g/mol. The summed E-state index contributed by atoms with van der Waals surface area (Å²) in [5.74, 6) is 4.50. The molecule has 19 heteroatoms. The fraction of sp³-hybridized carbons (Fsp3) is 0.465. The lowest BCUT2D eigenvalue weighted by Gasteiger charge is -2.25. The number of non-ortho nitro benzene ring substituents is 2. The molecule has 0 fully saturated rings. The van der Waals surface area contributed by atoms with Crippen molar-refractivity contribution < 1.29 is 66.8 Å². The van der Waals surface area contributed by atoms with Gasteiger partial charge in [-0.2, -0.15) is 0 Å². The first-order valence-electron chi connectivity index (χ1n) is 40.2. The lowest BCUT2D eigenvalue weighted by molar-refractivity contribution is -0.385. The summed E-state index contributed by atoms with van der Waals surface area (Å²) in [5, 5.41) is 50.5. The number of rotatable bonds is 9. The largest absolute Gasteiger partial charge is 0.508 e. The lowest BCUT2D eigenvalue weighted by Crippen LogP contribution is -2.16. The number of para-hydroxylation sites is 1. The molecule has 0 radical (unpaired) electrons. The lowest BCUT2D eigenvalue weighted by atomic mass is 9.80. The number of methoxy groups -OCH3 is 5. The van der Waals surface area contributed by atoms with Crippen molar-refractivity contribution in [1.82, 2.24) is 0 Å². The number of benzene rings is 9. The number of aromatic hydroxyl groups is 3. The monoisotopic (exact) mass is 1730 g/mol. The quantitative estimate of drug-likeness (QED) is 0.0911. The average molecular weight is 1730 g/mol. The van der Waals surface area contributed by atoms with E-state index in [0.717, 1.165) is 49.5 Å². The van der Waals surface area contributed by atoms with Crippen LogP contribution in [-0.2, 0) is 54.1 Å². The van der Waals surface area contributed by atoms with Crippen molar-refractivity contribution in [2.45, 2.75) is 269 Å². The Morgan fingerprint density at radius 3 is 1.07 bits per heavy atom. The topological polar surface area (TPSA) is 202 Å². The minimum Gasteiger partial charge on any atom is -0.508 e.